The van der Waals surface area contributed by atoms with Gasteiger partial charge in [-0.2, -0.15) is 0 Å². The molecular weight excluding hydrogens is 310 g/mol. The second-order valence-electron chi connectivity index (χ2n) is 4.62. The van der Waals surface area contributed by atoms with Crippen LogP contribution in [0, 0.1) is 0 Å². The van der Waals surface area contributed by atoms with Crippen molar-refractivity contribution in [2.75, 3.05) is 23.6 Å². The molecule has 1 heterocycles. The molecule has 0 aliphatic rings. The van der Waals surface area contributed by atoms with Crippen molar-refractivity contribution >= 4 is 38.2 Å². The predicted octanol–water partition coefficient (Wildman–Crippen LogP) is 2.63. The predicted molar refractivity (Wildman–Crippen MR) is 87.3 cm³/mol. The van der Waals surface area contributed by atoms with E-state index in [2.05, 4.69) is 15.0 Å². The third kappa shape index (κ3) is 4.30. The van der Waals surface area contributed by atoms with Crippen LogP contribution in [0.4, 0.5) is 5.69 Å². The van der Waals surface area contributed by atoms with Crippen molar-refractivity contribution in [3.8, 4) is 0 Å². The fourth-order valence-corrected chi connectivity index (χ4v) is 3.34. The molecular formula is C14H18ClN3O2S. The Labute approximate surface area is 129 Å². The minimum absolute atomic E-state index is 0.0664. The number of hydrogen-bond donors (Lipinski definition) is 2. The van der Waals surface area contributed by atoms with Crippen molar-refractivity contribution in [1.29, 1.82) is 0 Å². The number of nitrogens with one attached hydrogen (secondary N) is 2. The van der Waals surface area contributed by atoms with Crippen LogP contribution < -0.4 is 10.0 Å². The summed E-state index contributed by atoms with van der Waals surface area (Å²) in [5.74, 6) is 0.0664. The lowest BCUT2D eigenvalue weighted by Crippen LogP contribution is -2.22. The SMILES string of the molecule is CCNCCCS(=O)(=O)Nc1ccc(Cl)c2cccnc12. The van der Waals surface area contributed by atoms with Crippen LogP contribution in [-0.4, -0.2) is 32.2 Å². The number of benzene rings is 1. The van der Waals surface area contributed by atoms with Gasteiger partial charge in [0.2, 0.25) is 10.0 Å². The van der Waals surface area contributed by atoms with Crippen molar-refractivity contribution in [2.45, 2.75) is 13.3 Å². The third-order valence-electron chi connectivity index (χ3n) is 3.00. The molecule has 0 bridgehead atoms. The molecule has 1 aromatic heterocycles. The Kier molecular flexibility index (Phi) is 5.39. The van der Waals surface area contributed by atoms with Crippen molar-refractivity contribution in [1.82, 2.24) is 10.3 Å². The smallest absolute Gasteiger partial charge is 0.232 e. The number of sulfonamides is 1. The molecule has 0 radical (unpaired) electrons. The van der Waals surface area contributed by atoms with Crippen LogP contribution >= 0.6 is 11.6 Å². The molecule has 0 fully saturated rings. The summed E-state index contributed by atoms with van der Waals surface area (Å²) < 4.78 is 26.8. The fraction of sp³-hybridized carbons (Fsp3) is 0.357. The summed E-state index contributed by atoms with van der Waals surface area (Å²) >= 11 is 6.09. The maximum atomic E-state index is 12.1. The Morgan fingerprint density at radius 1 is 1.29 bits per heavy atom. The highest BCUT2D eigenvalue weighted by atomic mass is 35.5. The normalized spacial score (nSPS) is 11.7. The molecule has 114 valence electrons. The molecule has 21 heavy (non-hydrogen) atoms. The minimum atomic E-state index is -3.39. The Balaban J connectivity index is 2.18. The number of rotatable bonds is 7. The molecule has 0 aliphatic carbocycles. The van der Waals surface area contributed by atoms with Crippen LogP contribution in [0.2, 0.25) is 5.02 Å². The van der Waals surface area contributed by atoms with E-state index in [0.717, 1.165) is 11.9 Å². The zero-order valence-corrected chi connectivity index (χ0v) is 13.3. The second kappa shape index (κ2) is 7.06. The van der Waals surface area contributed by atoms with Gasteiger partial charge in [-0.05, 0) is 43.8 Å². The van der Waals surface area contributed by atoms with E-state index in [-0.39, 0.29) is 5.75 Å². The van der Waals surface area contributed by atoms with Crippen LogP contribution in [0.3, 0.4) is 0 Å². The molecule has 0 amide bonds. The van der Waals surface area contributed by atoms with Gasteiger partial charge in [-0.1, -0.05) is 18.5 Å². The van der Waals surface area contributed by atoms with Crippen molar-refractivity contribution in [3.63, 3.8) is 0 Å². The van der Waals surface area contributed by atoms with Crippen LogP contribution in [0.25, 0.3) is 10.9 Å². The van der Waals surface area contributed by atoms with Crippen molar-refractivity contribution in [2.24, 2.45) is 0 Å². The fourth-order valence-electron chi connectivity index (χ4n) is 2.00. The largest absolute Gasteiger partial charge is 0.317 e. The Morgan fingerprint density at radius 2 is 2.10 bits per heavy atom. The van der Waals surface area contributed by atoms with Crippen LogP contribution in [-0.2, 0) is 10.0 Å². The summed E-state index contributed by atoms with van der Waals surface area (Å²) in [6.45, 7) is 3.49. The molecule has 2 N–H and O–H groups in total. The zero-order chi connectivity index (χ0) is 15.3. The van der Waals surface area contributed by atoms with Gasteiger partial charge in [-0.25, -0.2) is 8.42 Å². The maximum absolute atomic E-state index is 12.1. The van der Waals surface area contributed by atoms with Crippen LogP contribution in [0.15, 0.2) is 30.5 Å². The van der Waals surface area contributed by atoms with Crippen LogP contribution in [0.1, 0.15) is 13.3 Å². The van der Waals surface area contributed by atoms with Gasteiger partial charge in [0, 0.05) is 11.6 Å². The van der Waals surface area contributed by atoms with Gasteiger partial charge < -0.3 is 5.32 Å². The first kappa shape index (κ1) is 16.0. The summed E-state index contributed by atoms with van der Waals surface area (Å²) in [6.07, 6.45) is 2.17. The van der Waals surface area contributed by atoms with Gasteiger partial charge in [0.15, 0.2) is 0 Å². The number of nitrogens with zero attached hydrogens (tertiary/aromatic N) is 1. The average molecular weight is 328 g/mol. The highest BCUT2D eigenvalue weighted by Gasteiger charge is 2.13. The molecule has 2 aromatic rings. The summed E-state index contributed by atoms with van der Waals surface area (Å²) in [7, 11) is -3.39. The molecule has 1 aromatic carbocycles. The molecule has 0 atom stereocenters. The third-order valence-corrected chi connectivity index (χ3v) is 4.69. The van der Waals surface area contributed by atoms with E-state index in [4.69, 9.17) is 11.6 Å². The molecule has 0 spiro atoms. The van der Waals surface area contributed by atoms with Gasteiger partial charge in [-0.15, -0.1) is 0 Å². The minimum Gasteiger partial charge on any atom is -0.317 e. The molecule has 0 saturated carbocycles. The first-order valence-electron chi connectivity index (χ1n) is 6.78. The molecule has 0 unspecified atom stereocenters. The highest BCUT2D eigenvalue weighted by Crippen LogP contribution is 2.28. The Bertz CT molecular complexity index is 719. The topological polar surface area (TPSA) is 71.1 Å². The van der Waals surface area contributed by atoms with E-state index in [1.165, 1.54) is 0 Å². The van der Waals surface area contributed by atoms with E-state index < -0.39 is 10.0 Å². The summed E-state index contributed by atoms with van der Waals surface area (Å²) in [5.41, 5.74) is 1.01. The quantitative estimate of drug-likeness (QED) is 0.767. The number of aromatic nitrogens is 1. The summed E-state index contributed by atoms with van der Waals surface area (Å²) in [5, 5.41) is 4.38. The van der Waals surface area contributed by atoms with Crippen molar-refractivity contribution < 1.29 is 8.42 Å². The number of fused-ring (bicyclic) bond motifs is 1. The number of hydrogen-bond acceptors (Lipinski definition) is 4. The molecule has 5 nitrogen and oxygen atoms in total. The average Bonchev–Trinajstić information content (AvgIpc) is 2.47. The van der Waals surface area contributed by atoms with Gasteiger partial charge in [-0.3, -0.25) is 9.71 Å². The maximum Gasteiger partial charge on any atom is 0.232 e. The van der Waals surface area contributed by atoms with Crippen LogP contribution in [0.5, 0.6) is 0 Å². The first-order chi connectivity index (χ1) is 10.0. The van der Waals surface area contributed by atoms with E-state index in [0.29, 0.717) is 29.2 Å². The second-order valence-corrected chi connectivity index (χ2v) is 6.87. The Hall–Kier alpha value is -1.37. The molecule has 0 saturated heterocycles. The standard InChI is InChI=1S/C14H18ClN3O2S/c1-2-16-8-4-10-21(19,20)18-13-7-6-12(15)11-5-3-9-17-14(11)13/h3,5-7,9,16,18H,2,4,8,10H2,1H3. The summed E-state index contributed by atoms with van der Waals surface area (Å²) in [4.78, 5) is 4.21. The molecule has 7 heteroatoms. The Morgan fingerprint density at radius 3 is 2.86 bits per heavy atom. The number of pyridine rings is 1. The first-order valence-corrected chi connectivity index (χ1v) is 8.81. The summed E-state index contributed by atoms with van der Waals surface area (Å²) in [6, 6.07) is 6.89. The lowest BCUT2D eigenvalue weighted by Gasteiger charge is -2.11. The van der Waals surface area contributed by atoms with E-state index in [1.54, 1.807) is 24.4 Å². The van der Waals surface area contributed by atoms with Crippen molar-refractivity contribution in [3.05, 3.63) is 35.5 Å². The van der Waals surface area contributed by atoms with E-state index in [1.807, 2.05) is 13.0 Å². The number of halogens is 1. The van der Waals surface area contributed by atoms with Gasteiger partial charge in [0.05, 0.1) is 22.0 Å². The molecule has 0 aliphatic heterocycles. The zero-order valence-electron chi connectivity index (χ0n) is 11.8. The lowest BCUT2D eigenvalue weighted by molar-refractivity contribution is 0.595. The van der Waals surface area contributed by atoms with E-state index >= 15 is 0 Å². The monoisotopic (exact) mass is 327 g/mol. The van der Waals surface area contributed by atoms with Gasteiger partial charge >= 0.3 is 0 Å². The molecule has 2 rings (SSSR count). The van der Waals surface area contributed by atoms with Gasteiger partial charge in [0.1, 0.15) is 0 Å². The van der Waals surface area contributed by atoms with E-state index in [9.17, 15) is 8.42 Å². The van der Waals surface area contributed by atoms with Gasteiger partial charge in [0.25, 0.3) is 0 Å². The lowest BCUT2D eigenvalue weighted by atomic mass is 10.2. The number of anilines is 1. The highest BCUT2D eigenvalue weighted by molar-refractivity contribution is 7.92.